The van der Waals surface area contributed by atoms with E-state index in [1.54, 1.807) is 30.6 Å². The fourth-order valence-electron chi connectivity index (χ4n) is 1.84. The zero-order chi connectivity index (χ0) is 15.2. The van der Waals surface area contributed by atoms with Gasteiger partial charge in [0.15, 0.2) is 0 Å². The van der Waals surface area contributed by atoms with E-state index in [0.717, 1.165) is 36.5 Å². The second kappa shape index (κ2) is 6.24. The Morgan fingerprint density at radius 3 is 1.71 bits per heavy atom. The highest BCUT2D eigenvalue weighted by Gasteiger charge is 2.10. The van der Waals surface area contributed by atoms with Crippen LogP contribution < -0.4 is 9.80 Å². The molecule has 0 unspecified atom stereocenters. The zero-order valence-corrected chi connectivity index (χ0v) is 11.0. The minimum absolute atomic E-state index is 0.586. The van der Waals surface area contributed by atoms with Crippen LogP contribution in [0.2, 0.25) is 0 Å². The molecule has 2 aromatic rings. The van der Waals surface area contributed by atoms with Crippen LogP contribution in [0.3, 0.4) is 0 Å². The molecule has 0 saturated heterocycles. The van der Waals surface area contributed by atoms with Crippen LogP contribution in [0, 0.1) is 21.6 Å². The highest BCUT2D eigenvalue weighted by atomic mass is 15.2. The third-order valence-electron chi connectivity index (χ3n) is 2.89. The molecule has 1 aromatic carbocycles. The number of hydrogen-bond donors (Lipinski definition) is 5. The van der Waals surface area contributed by atoms with Crippen molar-refractivity contribution in [2.24, 2.45) is 0 Å². The van der Waals surface area contributed by atoms with E-state index in [1.807, 2.05) is 0 Å². The van der Waals surface area contributed by atoms with E-state index < -0.39 is 0 Å². The number of nitrogens with one attached hydrogen (secondary N) is 5. The fourth-order valence-corrected chi connectivity index (χ4v) is 1.84. The summed E-state index contributed by atoms with van der Waals surface area (Å²) >= 11 is 0. The molecule has 106 valence electrons. The standard InChI is InChI=1S/C13H14N8/c14-6-20(7-15)12-1-10(11-4-18-19-5-11)2-13(3-12)21(8-16)9-17/h1-9,14-17H,(H,18,19). The van der Waals surface area contributed by atoms with Crippen LogP contribution in [0.5, 0.6) is 0 Å². The first kappa shape index (κ1) is 14.1. The number of anilines is 2. The summed E-state index contributed by atoms with van der Waals surface area (Å²) < 4.78 is 0. The number of aromatic nitrogens is 2. The lowest BCUT2D eigenvalue weighted by atomic mass is 10.1. The van der Waals surface area contributed by atoms with Crippen molar-refractivity contribution >= 4 is 36.7 Å². The first-order chi connectivity index (χ1) is 10.2. The average molecular weight is 282 g/mol. The average Bonchev–Trinajstić information content (AvgIpc) is 3.04. The zero-order valence-electron chi connectivity index (χ0n) is 11.0. The highest BCUT2D eigenvalue weighted by Crippen LogP contribution is 2.29. The third-order valence-corrected chi connectivity index (χ3v) is 2.89. The molecule has 0 fully saturated rings. The largest absolute Gasteiger partial charge is 0.292 e. The van der Waals surface area contributed by atoms with Crippen LogP contribution in [0.1, 0.15) is 0 Å². The van der Waals surface area contributed by atoms with Crippen molar-refractivity contribution in [1.82, 2.24) is 10.2 Å². The highest BCUT2D eigenvalue weighted by molar-refractivity contribution is 6.02. The fraction of sp³-hybridized carbons (Fsp3) is 0. The number of rotatable bonds is 7. The lowest BCUT2D eigenvalue weighted by Crippen LogP contribution is -2.20. The minimum Gasteiger partial charge on any atom is -0.292 e. The molecule has 0 bridgehead atoms. The molecule has 0 aliphatic rings. The van der Waals surface area contributed by atoms with E-state index in [-0.39, 0.29) is 0 Å². The van der Waals surface area contributed by atoms with Crippen LogP contribution in [-0.4, -0.2) is 35.6 Å². The topological polar surface area (TPSA) is 131 Å². The number of benzene rings is 1. The maximum atomic E-state index is 7.34. The van der Waals surface area contributed by atoms with Crippen LogP contribution in [0.4, 0.5) is 11.4 Å². The predicted octanol–water partition coefficient (Wildman–Crippen LogP) is 2.12. The van der Waals surface area contributed by atoms with Crippen LogP contribution in [-0.2, 0) is 0 Å². The van der Waals surface area contributed by atoms with Crippen molar-refractivity contribution < 1.29 is 0 Å². The first-order valence-corrected chi connectivity index (χ1v) is 5.96. The third kappa shape index (κ3) is 2.84. The molecule has 1 heterocycles. The molecule has 0 saturated carbocycles. The van der Waals surface area contributed by atoms with Gasteiger partial charge in [-0.3, -0.25) is 36.5 Å². The van der Waals surface area contributed by atoms with Crippen molar-refractivity contribution in [3.05, 3.63) is 30.6 Å². The van der Waals surface area contributed by atoms with Crippen LogP contribution in [0.15, 0.2) is 30.6 Å². The second-order valence-electron chi connectivity index (χ2n) is 4.06. The summed E-state index contributed by atoms with van der Waals surface area (Å²) in [6.45, 7) is 0. The van der Waals surface area contributed by atoms with Crippen molar-refractivity contribution in [2.45, 2.75) is 0 Å². The molecule has 0 spiro atoms. The Morgan fingerprint density at radius 2 is 1.33 bits per heavy atom. The number of aromatic amines is 1. The Balaban J connectivity index is 2.60. The van der Waals surface area contributed by atoms with Gasteiger partial charge in [0.25, 0.3) is 0 Å². The second-order valence-corrected chi connectivity index (χ2v) is 4.06. The van der Waals surface area contributed by atoms with Gasteiger partial charge in [-0.1, -0.05) is 0 Å². The summed E-state index contributed by atoms with van der Waals surface area (Å²) in [5.41, 5.74) is 2.81. The van der Waals surface area contributed by atoms with Gasteiger partial charge in [-0.05, 0) is 23.8 Å². The van der Waals surface area contributed by atoms with Crippen molar-refractivity contribution in [3.63, 3.8) is 0 Å². The molecular formula is C13H14N8. The van der Waals surface area contributed by atoms with Gasteiger partial charge in [0.2, 0.25) is 0 Å². The van der Waals surface area contributed by atoms with Gasteiger partial charge in [0, 0.05) is 11.8 Å². The van der Waals surface area contributed by atoms with Gasteiger partial charge in [-0.2, -0.15) is 5.10 Å². The van der Waals surface area contributed by atoms with Crippen molar-refractivity contribution in [1.29, 1.82) is 21.6 Å². The maximum absolute atomic E-state index is 7.34. The molecule has 2 rings (SSSR count). The summed E-state index contributed by atoms with van der Waals surface area (Å²) in [6.07, 6.45) is 7.45. The van der Waals surface area contributed by atoms with Gasteiger partial charge >= 0.3 is 0 Å². The minimum atomic E-state index is 0.586. The molecule has 21 heavy (non-hydrogen) atoms. The molecule has 0 aliphatic carbocycles. The number of nitrogens with zero attached hydrogens (tertiary/aromatic N) is 3. The quantitative estimate of drug-likeness (QED) is 0.393. The Kier molecular flexibility index (Phi) is 4.20. The van der Waals surface area contributed by atoms with Gasteiger partial charge in [0.05, 0.1) is 42.9 Å². The summed E-state index contributed by atoms with van der Waals surface area (Å²) in [5.74, 6) is 0. The maximum Gasteiger partial charge on any atom is 0.0915 e. The lowest BCUT2D eigenvalue weighted by Gasteiger charge is -2.19. The van der Waals surface area contributed by atoms with Gasteiger partial charge in [-0.25, -0.2) is 0 Å². The molecule has 1 aromatic heterocycles. The normalized spacial score (nSPS) is 9.71. The summed E-state index contributed by atoms with van der Waals surface area (Å²) in [7, 11) is 0. The Hall–Kier alpha value is -3.29. The molecule has 0 amide bonds. The van der Waals surface area contributed by atoms with E-state index >= 15 is 0 Å². The van der Waals surface area contributed by atoms with Crippen LogP contribution >= 0.6 is 0 Å². The Bertz CT molecular complexity index is 607. The van der Waals surface area contributed by atoms with Gasteiger partial charge < -0.3 is 0 Å². The van der Waals surface area contributed by atoms with Gasteiger partial charge in [-0.15, -0.1) is 0 Å². The first-order valence-electron chi connectivity index (χ1n) is 5.96. The van der Waals surface area contributed by atoms with E-state index in [9.17, 15) is 0 Å². The smallest absolute Gasteiger partial charge is 0.0915 e. The number of hydrogen-bond acceptors (Lipinski definition) is 5. The van der Waals surface area contributed by atoms with Crippen LogP contribution in [0.25, 0.3) is 11.1 Å². The molecular weight excluding hydrogens is 268 g/mol. The summed E-state index contributed by atoms with van der Waals surface area (Å²) in [4.78, 5) is 2.64. The monoisotopic (exact) mass is 282 g/mol. The molecule has 0 atom stereocenters. The van der Waals surface area contributed by atoms with E-state index in [1.165, 1.54) is 9.80 Å². The molecule has 5 N–H and O–H groups in total. The van der Waals surface area contributed by atoms with E-state index in [2.05, 4.69) is 10.2 Å². The predicted molar refractivity (Wildman–Crippen MR) is 84.1 cm³/mol. The van der Waals surface area contributed by atoms with Crippen molar-refractivity contribution in [3.8, 4) is 11.1 Å². The molecule has 0 radical (unpaired) electrons. The Labute approximate surface area is 121 Å². The number of H-pyrrole nitrogens is 1. The summed E-state index contributed by atoms with van der Waals surface area (Å²) in [6, 6.07) is 5.29. The van der Waals surface area contributed by atoms with E-state index in [4.69, 9.17) is 21.6 Å². The lowest BCUT2D eigenvalue weighted by molar-refractivity contribution is 1.09. The SMILES string of the molecule is N=CN(C=N)c1cc(-c2cn[nH]c2)cc(N(C=N)C=N)c1. The summed E-state index contributed by atoms with van der Waals surface area (Å²) in [5, 5.41) is 36.0. The van der Waals surface area contributed by atoms with E-state index in [0.29, 0.717) is 11.4 Å². The molecule has 0 aliphatic heterocycles. The van der Waals surface area contributed by atoms with Gasteiger partial charge in [0.1, 0.15) is 0 Å². The van der Waals surface area contributed by atoms with Crippen molar-refractivity contribution in [2.75, 3.05) is 9.80 Å². The molecule has 8 nitrogen and oxygen atoms in total. The Morgan fingerprint density at radius 1 is 0.810 bits per heavy atom. The molecule has 8 heteroatoms.